The summed E-state index contributed by atoms with van der Waals surface area (Å²) in [6.45, 7) is 8.72. The van der Waals surface area contributed by atoms with Crippen molar-refractivity contribution in [2.75, 3.05) is 21.5 Å². The van der Waals surface area contributed by atoms with Crippen LogP contribution in [0.5, 0.6) is 5.75 Å². The molecule has 2 heterocycles. The molecule has 39 heavy (non-hydrogen) atoms. The smallest absolute Gasteiger partial charge is 0.328 e. The van der Waals surface area contributed by atoms with Crippen LogP contribution in [0.1, 0.15) is 54.6 Å². The minimum absolute atomic E-state index is 0.0502. The van der Waals surface area contributed by atoms with Crippen LogP contribution in [-0.4, -0.2) is 43.1 Å². The molecule has 4 N–H and O–H groups in total. The molecule has 0 aliphatic carbocycles. The Balaban J connectivity index is 1.61. The highest BCUT2D eigenvalue weighted by molar-refractivity contribution is 7.92. The molecule has 13 heteroatoms. The summed E-state index contributed by atoms with van der Waals surface area (Å²) in [5.74, 6) is -1.24. The molecule has 2 aromatic carbocycles. The SMILES string of the molecule is Cc1noc(C)c1S(=O)(=O)Nc1ccc(NC(=O)c2cc(N3C(=O)CCNC3=O)cc(C(C)(C)C)c2O)cc1. The van der Waals surface area contributed by atoms with Crippen LogP contribution in [0.4, 0.5) is 21.9 Å². The van der Waals surface area contributed by atoms with Gasteiger partial charge in [-0.15, -0.1) is 0 Å². The fourth-order valence-corrected chi connectivity index (χ4v) is 5.61. The van der Waals surface area contributed by atoms with E-state index in [1.165, 1.54) is 50.2 Å². The maximum Gasteiger partial charge on any atom is 0.328 e. The second-order valence-corrected chi connectivity index (χ2v) is 11.8. The number of phenols is 1. The quantitative estimate of drug-likeness (QED) is 0.356. The van der Waals surface area contributed by atoms with Gasteiger partial charge in [0.1, 0.15) is 11.4 Å². The topological polar surface area (TPSA) is 171 Å². The number of nitrogens with zero attached hydrogens (tertiary/aromatic N) is 2. The molecule has 0 unspecified atom stereocenters. The molecule has 1 aromatic heterocycles. The molecule has 1 aliphatic rings. The van der Waals surface area contributed by atoms with Gasteiger partial charge in [0.05, 0.1) is 11.3 Å². The Morgan fingerprint density at radius 2 is 1.74 bits per heavy atom. The highest BCUT2D eigenvalue weighted by atomic mass is 32.2. The minimum Gasteiger partial charge on any atom is -0.507 e. The highest BCUT2D eigenvalue weighted by Gasteiger charge is 2.32. The maximum atomic E-state index is 13.3. The number of aromatic nitrogens is 1. The van der Waals surface area contributed by atoms with Crippen LogP contribution in [0.3, 0.4) is 0 Å². The van der Waals surface area contributed by atoms with Gasteiger partial charge in [-0.3, -0.25) is 14.3 Å². The lowest BCUT2D eigenvalue weighted by molar-refractivity contribution is -0.118. The number of sulfonamides is 1. The van der Waals surface area contributed by atoms with Gasteiger partial charge in [0.25, 0.3) is 15.9 Å². The molecule has 1 saturated heterocycles. The van der Waals surface area contributed by atoms with E-state index in [1.54, 1.807) is 0 Å². The normalized spacial score (nSPS) is 14.2. The van der Waals surface area contributed by atoms with E-state index >= 15 is 0 Å². The summed E-state index contributed by atoms with van der Waals surface area (Å²) < 4.78 is 32.9. The zero-order valence-corrected chi connectivity index (χ0v) is 22.9. The van der Waals surface area contributed by atoms with Crippen LogP contribution in [-0.2, 0) is 20.2 Å². The number of aryl methyl sites for hydroxylation is 2. The zero-order valence-electron chi connectivity index (χ0n) is 22.1. The average molecular weight is 556 g/mol. The Morgan fingerprint density at radius 3 is 2.31 bits per heavy atom. The van der Waals surface area contributed by atoms with E-state index in [4.69, 9.17) is 4.52 Å². The number of benzene rings is 2. The lowest BCUT2D eigenvalue weighted by Gasteiger charge is -2.29. The summed E-state index contributed by atoms with van der Waals surface area (Å²) in [7, 11) is -3.95. The van der Waals surface area contributed by atoms with Crippen LogP contribution in [0.15, 0.2) is 45.8 Å². The van der Waals surface area contributed by atoms with Gasteiger partial charge in [-0.05, 0) is 55.7 Å². The van der Waals surface area contributed by atoms with Gasteiger partial charge < -0.3 is 20.3 Å². The van der Waals surface area contributed by atoms with E-state index < -0.39 is 33.3 Å². The van der Waals surface area contributed by atoms with E-state index in [1.807, 2.05) is 20.8 Å². The van der Waals surface area contributed by atoms with E-state index in [9.17, 15) is 27.9 Å². The fraction of sp³-hybridized carbons (Fsp3) is 0.308. The number of aromatic hydroxyl groups is 1. The van der Waals surface area contributed by atoms with Crippen molar-refractivity contribution in [1.29, 1.82) is 0 Å². The molecule has 0 spiro atoms. The number of hydrogen-bond acceptors (Lipinski definition) is 8. The maximum absolute atomic E-state index is 13.3. The highest BCUT2D eigenvalue weighted by Crippen LogP contribution is 2.38. The van der Waals surface area contributed by atoms with Crippen LogP contribution in [0.25, 0.3) is 0 Å². The summed E-state index contributed by atoms with van der Waals surface area (Å²) in [5.41, 5.74) is 0.562. The third kappa shape index (κ3) is 5.58. The largest absolute Gasteiger partial charge is 0.507 e. The first kappa shape index (κ1) is 27.6. The number of phenolic OH excluding ortho intramolecular Hbond substituents is 1. The molecule has 4 rings (SSSR count). The number of imide groups is 1. The number of carbonyl (C=O) groups is 3. The molecule has 0 radical (unpaired) electrons. The molecule has 0 saturated carbocycles. The van der Waals surface area contributed by atoms with Crippen LogP contribution in [0, 0.1) is 13.8 Å². The van der Waals surface area contributed by atoms with E-state index in [0.717, 1.165) is 4.90 Å². The molecule has 3 aromatic rings. The van der Waals surface area contributed by atoms with Crippen molar-refractivity contribution < 1.29 is 32.4 Å². The number of amides is 4. The van der Waals surface area contributed by atoms with E-state index in [0.29, 0.717) is 11.3 Å². The molecule has 12 nitrogen and oxygen atoms in total. The van der Waals surface area contributed by atoms with Gasteiger partial charge in [-0.25, -0.2) is 18.1 Å². The summed E-state index contributed by atoms with van der Waals surface area (Å²) in [4.78, 5) is 39.1. The molecule has 0 bridgehead atoms. The first-order valence-electron chi connectivity index (χ1n) is 12.0. The van der Waals surface area contributed by atoms with Crippen molar-refractivity contribution in [2.24, 2.45) is 0 Å². The molecule has 206 valence electrons. The van der Waals surface area contributed by atoms with Crippen LogP contribution < -0.4 is 20.3 Å². The zero-order chi connectivity index (χ0) is 28.7. The summed E-state index contributed by atoms with van der Waals surface area (Å²) in [6, 6.07) is 8.08. The van der Waals surface area contributed by atoms with Crippen molar-refractivity contribution in [1.82, 2.24) is 10.5 Å². The van der Waals surface area contributed by atoms with Gasteiger partial charge in [-0.2, -0.15) is 0 Å². The van der Waals surface area contributed by atoms with Gasteiger partial charge >= 0.3 is 6.03 Å². The van der Waals surface area contributed by atoms with Gasteiger partial charge in [0.2, 0.25) is 5.91 Å². The lowest BCUT2D eigenvalue weighted by Crippen LogP contribution is -2.50. The standard InChI is InChI=1S/C26H29N5O7S/c1-14-23(15(2)38-29-14)39(36,37)30-17-8-6-16(7-9-17)28-24(34)19-12-18(13-20(22(19)33)26(3,4)5)31-21(32)10-11-27-25(31)35/h6-9,12-13,30,33H,10-11H2,1-5H3,(H,27,35)(H,28,34). The van der Waals surface area contributed by atoms with E-state index in [2.05, 4.69) is 20.5 Å². The lowest BCUT2D eigenvalue weighted by atomic mass is 9.84. The fourth-order valence-electron chi connectivity index (χ4n) is 4.22. The second kappa shape index (κ2) is 10.1. The Kier molecular flexibility index (Phi) is 7.13. The summed E-state index contributed by atoms with van der Waals surface area (Å²) >= 11 is 0. The average Bonchev–Trinajstić information content (AvgIpc) is 3.18. The number of nitrogens with one attached hydrogen (secondary N) is 3. The molecule has 0 atom stereocenters. The molecular formula is C26H29N5O7S. The first-order chi connectivity index (χ1) is 18.2. The van der Waals surface area contributed by atoms with Crippen molar-refractivity contribution >= 4 is 44.9 Å². The monoisotopic (exact) mass is 555 g/mol. The second-order valence-electron chi connectivity index (χ2n) is 10.1. The van der Waals surface area contributed by atoms with Gasteiger partial charge in [0.15, 0.2) is 10.7 Å². The van der Waals surface area contributed by atoms with Gasteiger partial charge in [0, 0.05) is 29.9 Å². The number of urea groups is 1. The van der Waals surface area contributed by atoms with Crippen LogP contribution >= 0.6 is 0 Å². The molecule has 1 fully saturated rings. The molecule has 4 amide bonds. The molecule has 1 aliphatic heterocycles. The van der Waals surface area contributed by atoms with Gasteiger partial charge in [-0.1, -0.05) is 25.9 Å². The van der Waals surface area contributed by atoms with E-state index in [-0.39, 0.29) is 52.0 Å². The van der Waals surface area contributed by atoms with Crippen molar-refractivity contribution in [2.45, 2.75) is 51.3 Å². The van der Waals surface area contributed by atoms with Crippen molar-refractivity contribution in [3.05, 3.63) is 59.0 Å². The minimum atomic E-state index is -3.95. The molecular weight excluding hydrogens is 526 g/mol. The summed E-state index contributed by atoms with van der Waals surface area (Å²) in [6.07, 6.45) is 0.103. The predicted molar refractivity (Wildman–Crippen MR) is 143 cm³/mol. The van der Waals surface area contributed by atoms with Crippen molar-refractivity contribution in [3.63, 3.8) is 0 Å². The predicted octanol–water partition coefficient (Wildman–Crippen LogP) is 3.79. The third-order valence-electron chi connectivity index (χ3n) is 6.10. The Morgan fingerprint density at radius 1 is 1.10 bits per heavy atom. The number of rotatable bonds is 6. The number of hydrogen-bond donors (Lipinski definition) is 4. The van der Waals surface area contributed by atoms with Crippen LogP contribution in [0.2, 0.25) is 0 Å². The first-order valence-corrected chi connectivity index (χ1v) is 13.5. The number of anilines is 3. The number of carbonyl (C=O) groups excluding carboxylic acids is 3. The Labute approximate surface area is 225 Å². The Bertz CT molecular complexity index is 1540. The Hall–Kier alpha value is -4.39. The third-order valence-corrected chi connectivity index (χ3v) is 7.73. The van der Waals surface area contributed by atoms with Crippen molar-refractivity contribution in [3.8, 4) is 5.75 Å². The summed E-state index contributed by atoms with van der Waals surface area (Å²) in [5, 5.41) is 19.9.